The second-order valence-electron chi connectivity index (χ2n) is 6.48. The van der Waals surface area contributed by atoms with Gasteiger partial charge < -0.3 is 0 Å². The quantitative estimate of drug-likeness (QED) is 0.857. The first-order valence-corrected chi connectivity index (χ1v) is 9.21. The largest absolute Gasteiger partial charge is 0.267 e. The second-order valence-corrected chi connectivity index (χ2v) is 8.54. The lowest BCUT2D eigenvalue weighted by Gasteiger charge is -2.21. The van der Waals surface area contributed by atoms with E-state index in [-0.39, 0.29) is 28.9 Å². The highest BCUT2D eigenvalue weighted by Gasteiger charge is 2.48. The first kappa shape index (κ1) is 14.1. The molecule has 2 aliphatic carbocycles. The number of nitrogens with zero attached hydrogens (tertiary/aromatic N) is 3. The van der Waals surface area contributed by atoms with Gasteiger partial charge in [-0.2, -0.15) is 4.98 Å². The van der Waals surface area contributed by atoms with Crippen LogP contribution in [0, 0.1) is 11.8 Å². The maximum absolute atomic E-state index is 14.3. The predicted molar refractivity (Wildman–Crippen MR) is 78.7 cm³/mol. The van der Waals surface area contributed by atoms with E-state index in [1.807, 2.05) is 31.2 Å². The van der Waals surface area contributed by atoms with Crippen LogP contribution in [0.3, 0.4) is 0 Å². The molecule has 0 bridgehead atoms. The van der Waals surface area contributed by atoms with Gasteiger partial charge >= 0.3 is 0 Å². The molecule has 0 aromatic carbocycles. The zero-order valence-corrected chi connectivity index (χ0v) is 13.1. The number of rotatable bonds is 3. The first-order chi connectivity index (χ1) is 10.5. The molecule has 3 aliphatic rings. The molecular formula is C15H18FN3O2S. The van der Waals surface area contributed by atoms with Crippen LogP contribution in [0.25, 0.3) is 0 Å². The lowest BCUT2D eigenvalue weighted by atomic mass is 9.91. The van der Waals surface area contributed by atoms with E-state index < -0.39 is 21.3 Å². The Kier molecular flexibility index (Phi) is 3.04. The summed E-state index contributed by atoms with van der Waals surface area (Å²) in [6, 6.07) is -0.153. The molecule has 1 saturated carbocycles. The van der Waals surface area contributed by atoms with Gasteiger partial charge in [0.15, 0.2) is 12.0 Å². The van der Waals surface area contributed by atoms with Gasteiger partial charge in [0.25, 0.3) is 5.16 Å². The molecule has 1 aromatic heterocycles. The van der Waals surface area contributed by atoms with Crippen molar-refractivity contribution in [3.05, 3.63) is 30.1 Å². The molecule has 0 N–H and O–H groups in total. The van der Waals surface area contributed by atoms with E-state index in [4.69, 9.17) is 0 Å². The maximum atomic E-state index is 14.3. The van der Waals surface area contributed by atoms with Gasteiger partial charge in [-0.3, -0.25) is 0 Å². The monoisotopic (exact) mass is 323 g/mol. The molecule has 0 radical (unpaired) electrons. The fourth-order valence-electron chi connectivity index (χ4n) is 3.41. The molecule has 0 spiro atoms. The maximum Gasteiger partial charge on any atom is 0.267 e. The van der Waals surface area contributed by atoms with Gasteiger partial charge in [-0.15, -0.1) is 5.10 Å². The zero-order chi connectivity index (χ0) is 15.5. The number of alkyl halides is 1. The number of aromatic nitrogens is 3. The minimum absolute atomic E-state index is 0.140. The van der Waals surface area contributed by atoms with Gasteiger partial charge in [-0.25, -0.2) is 17.5 Å². The number of fused-ring (bicyclic) bond motifs is 1. The normalized spacial score (nSPS) is 36.5. The van der Waals surface area contributed by atoms with E-state index in [2.05, 4.69) is 10.1 Å². The Bertz CT molecular complexity index is 768. The Morgan fingerprint density at radius 3 is 2.73 bits per heavy atom. The average Bonchev–Trinajstić information content (AvgIpc) is 2.97. The summed E-state index contributed by atoms with van der Waals surface area (Å²) in [6.07, 6.45) is 8.52. The Hall–Kier alpha value is -1.50. The highest BCUT2D eigenvalue weighted by Crippen LogP contribution is 2.44. The lowest BCUT2D eigenvalue weighted by molar-refractivity contribution is 0.288. The van der Waals surface area contributed by atoms with Gasteiger partial charge in [-0.05, 0) is 18.8 Å². The van der Waals surface area contributed by atoms with Crippen LogP contribution in [0.1, 0.15) is 44.2 Å². The third-order valence-electron chi connectivity index (χ3n) is 4.88. The highest BCUT2D eigenvalue weighted by molar-refractivity contribution is 7.92. The summed E-state index contributed by atoms with van der Waals surface area (Å²) in [5.41, 5.74) is 0. The molecule has 22 heavy (non-hydrogen) atoms. The molecule has 2 heterocycles. The van der Waals surface area contributed by atoms with Gasteiger partial charge in [0.2, 0.25) is 9.84 Å². The number of sulfone groups is 1. The summed E-state index contributed by atoms with van der Waals surface area (Å²) in [5.74, 6) is 0.452. The molecule has 118 valence electrons. The van der Waals surface area contributed by atoms with Crippen LogP contribution in [0.4, 0.5) is 4.39 Å². The van der Waals surface area contributed by atoms with E-state index in [9.17, 15) is 12.8 Å². The zero-order valence-electron chi connectivity index (χ0n) is 12.3. The van der Waals surface area contributed by atoms with Crippen LogP contribution >= 0.6 is 0 Å². The smallest absolute Gasteiger partial charge is 0.242 e. The summed E-state index contributed by atoms with van der Waals surface area (Å²) < 4.78 is 40.6. The van der Waals surface area contributed by atoms with Gasteiger partial charge in [0.05, 0.1) is 11.3 Å². The van der Waals surface area contributed by atoms with Gasteiger partial charge in [0.1, 0.15) is 0 Å². The van der Waals surface area contributed by atoms with Gasteiger partial charge in [-0.1, -0.05) is 31.2 Å². The summed E-state index contributed by atoms with van der Waals surface area (Å²) in [5, 5.41) is 3.59. The van der Waals surface area contributed by atoms with E-state index in [0.29, 0.717) is 12.8 Å². The Balaban J connectivity index is 1.69. The Morgan fingerprint density at radius 2 is 2.09 bits per heavy atom. The van der Waals surface area contributed by atoms with Crippen LogP contribution in [-0.4, -0.2) is 28.4 Å². The van der Waals surface area contributed by atoms with E-state index >= 15 is 0 Å². The third kappa shape index (κ3) is 2.06. The summed E-state index contributed by atoms with van der Waals surface area (Å²) >= 11 is 0. The van der Waals surface area contributed by atoms with Crippen molar-refractivity contribution in [2.75, 3.05) is 0 Å². The van der Waals surface area contributed by atoms with Crippen molar-refractivity contribution in [3.8, 4) is 0 Å². The molecule has 0 amide bonds. The average molecular weight is 323 g/mol. The summed E-state index contributed by atoms with van der Waals surface area (Å²) in [6.45, 7) is 1.89. The number of halogens is 1. The molecule has 5 atom stereocenters. The summed E-state index contributed by atoms with van der Waals surface area (Å²) in [4.78, 5) is 4.03. The van der Waals surface area contributed by atoms with Crippen LogP contribution in [-0.2, 0) is 9.84 Å². The molecule has 4 rings (SSSR count). The van der Waals surface area contributed by atoms with E-state index in [1.54, 1.807) is 0 Å². The predicted octanol–water partition coefficient (Wildman–Crippen LogP) is 2.55. The highest BCUT2D eigenvalue weighted by atomic mass is 32.2. The van der Waals surface area contributed by atoms with Crippen LogP contribution in [0.15, 0.2) is 29.5 Å². The fraction of sp³-hybridized carbons (Fsp3) is 0.600. The second kappa shape index (κ2) is 4.75. The van der Waals surface area contributed by atoms with Crippen molar-refractivity contribution in [1.29, 1.82) is 0 Å². The van der Waals surface area contributed by atoms with E-state index in [1.165, 1.54) is 4.68 Å². The SMILES string of the molecule is C[C@H]1C[C@@H]1S(=O)(=O)c1nc2n(n1)[C@H](C1C=CC=CC1)C[C@@H]2F. The number of allylic oxidation sites excluding steroid dienone is 4. The van der Waals surface area contributed by atoms with Crippen molar-refractivity contribution in [3.63, 3.8) is 0 Å². The molecule has 7 heteroatoms. The van der Waals surface area contributed by atoms with Crippen LogP contribution < -0.4 is 0 Å². The lowest BCUT2D eigenvalue weighted by Crippen LogP contribution is -2.18. The molecule has 0 saturated heterocycles. The van der Waals surface area contributed by atoms with Crippen molar-refractivity contribution in [2.45, 2.75) is 48.8 Å². The first-order valence-electron chi connectivity index (χ1n) is 7.66. The molecule has 5 nitrogen and oxygen atoms in total. The van der Waals surface area contributed by atoms with Crippen molar-refractivity contribution < 1.29 is 12.8 Å². The fourth-order valence-corrected chi connectivity index (χ4v) is 5.27. The van der Waals surface area contributed by atoms with Gasteiger partial charge in [0, 0.05) is 12.3 Å². The minimum atomic E-state index is -3.51. The third-order valence-corrected chi connectivity index (χ3v) is 7.01. The standard InChI is InChI=1S/C15H18FN3O2S/c1-9-7-13(9)22(20,21)15-17-14-11(16)8-12(19(14)18-15)10-5-3-2-4-6-10/h2-5,9-13H,6-8H2,1H3/t9-,10?,11-,12-,13-/m0/s1. The topological polar surface area (TPSA) is 64.8 Å². The molecular weight excluding hydrogens is 305 g/mol. The molecule has 1 fully saturated rings. The number of hydrogen-bond donors (Lipinski definition) is 0. The van der Waals surface area contributed by atoms with Crippen molar-refractivity contribution >= 4 is 9.84 Å². The summed E-state index contributed by atoms with van der Waals surface area (Å²) in [7, 11) is -3.51. The molecule has 1 aliphatic heterocycles. The molecule has 1 unspecified atom stereocenters. The van der Waals surface area contributed by atoms with Crippen molar-refractivity contribution in [2.24, 2.45) is 11.8 Å². The van der Waals surface area contributed by atoms with Crippen molar-refractivity contribution in [1.82, 2.24) is 14.8 Å². The molecule has 1 aromatic rings. The van der Waals surface area contributed by atoms with E-state index in [0.717, 1.165) is 6.42 Å². The Labute approximate surface area is 128 Å². The number of hydrogen-bond acceptors (Lipinski definition) is 4. The van der Waals surface area contributed by atoms with Crippen LogP contribution in [0.2, 0.25) is 0 Å². The Morgan fingerprint density at radius 1 is 1.32 bits per heavy atom. The minimum Gasteiger partial charge on any atom is -0.242 e. The van der Waals surface area contributed by atoms with Crippen LogP contribution in [0.5, 0.6) is 0 Å².